The number of hydrogen-bond acceptors (Lipinski definition) is 5. The number of thiophene rings is 1. The number of aromatic nitrogens is 2. The van der Waals surface area contributed by atoms with Gasteiger partial charge in [-0.3, -0.25) is 9.59 Å². The zero-order valence-corrected chi connectivity index (χ0v) is 25.9. The monoisotopic (exact) mass is 610 g/mol. The second-order valence-corrected chi connectivity index (χ2v) is 13.3. The largest absolute Gasteiger partial charge is 0.478 e. The highest BCUT2D eigenvalue weighted by Gasteiger charge is 2.43. The summed E-state index contributed by atoms with van der Waals surface area (Å²) in [4.78, 5) is 44.3. The van der Waals surface area contributed by atoms with E-state index in [0.29, 0.717) is 47.5 Å². The number of hydrogen-bond donors (Lipinski definition) is 3. The predicted octanol–water partition coefficient (Wildman–Crippen LogP) is 7.54. The van der Waals surface area contributed by atoms with Crippen LogP contribution in [0.4, 0.5) is 5.69 Å². The summed E-state index contributed by atoms with van der Waals surface area (Å²) in [5.41, 5.74) is 2.59. The molecule has 2 saturated carbocycles. The molecule has 0 saturated heterocycles. The maximum absolute atomic E-state index is 13.7. The van der Waals surface area contributed by atoms with Crippen molar-refractivity contribution < 1.29 is 19.5 Å². The van der Waals surface area contributed by atoms with Crippen molar-refractivity contribution in [3.8, 4) is 10.7 Å². The number of carbonyl (C=O) groups excluding carboxylic acids is 2. The van der Waals surface area contributed by atoms with Gasteiger partial charge in [0, 0.05) is 23.4 Å². The molecule has 0 aliphatic heterocycles. The van der Waals surface area contributed by atoms with E-state index in [1.807, 2.05) is 24.3 Å². The Kier molecular flexibility index (Phi) is 8.40. The van der Waals surface area contributed by atoms with Gasteiger partial charge in [-0.1, -0.05) is 51.3 Å². The summed E-state index contributed by atoms with van der Waals surface area (Å²) in [6, 6.07) is 17.2. The summed E-state index contributed by atoms with van der Waals surface area (Å²) in [5, 5.41) is 17.0. The fraction of sp³-hybridized carbons (Fsp3) is 0.371. The lowest BCUT2D eigenvalue weighted by molar-refractivity contribution is -0.131. The number of imidazole rings is 1. The van der Waals surface area contributed by atoms with E-state index in [-0.39, 0.29) is 11.8 Å². The first-order valence-corrected chi connectivity index (χ1v) is 16.3. The maximum atomic E-state index is 13.7. The lowest BCUT2D eigenvalue weighted by Gasteiger charge is -2.36. The van der Waals surface area contributed by atoms with Gasteiger partial charge in [0.2, 0.25) is 5.91 Å². The molecule has 2 amide bonds. The Hall–Kier alpha value is -4.24. The van der Waals surface area contributed by atoms with E-state index < -0.39 is 11.5 Å². The third kappa shape index (κ3) is 5.93. The van der Waals surface area contributed by atoms with Gasteiger partial charge in [0.05, 0.1) is 15.9 Å². The molecule has 2 fully saturated rings. The number of anilines is 1. The summed E-state index contributed by atoms with van der Waals surface area (Å²) >= 11 is 1.68. The van der Waals surface area contributed by atoms with Crippen LogP contribution in [0.5, 0.6) is 0 Å². The highest BCUT2D eigenvalue weighted by molar-refractivity contribution is 7.13. The molecular weight excluding hydrogens is 572 g/mol. The summed E-state index contributed by atoms with van der Waals surface area (Å²) < 4.78 is 2.41. The number of carbonyl (C=O) groups is 3. The fourth-order valence-corrected chi connectivity index (χ4v) is 7.78. The molecule has 2 aromatic carbocycles. The highest BCUT2D eigenvalue weighted by atomic mass is 32.1. The van der Waals surface area contributed by atoms with Crippen molar-refractivity contribution in [2.45, 2.75) is 70.4 Å². The molecule has 2 aromatic heterocycles. The zero-order valence-electron chi connectivity index (χ0n) is 25.1. The standard InChI is InChI=1S/C35H38N4O4S/c1-22-7-5-8-23(2)31(22)39-28-16-13-25(21-27(28)37-32(39)29-9-6-20-44-29)33(42)38-35(18-3-4-19-35)34(43)36-26-14-10-24(11-15-26)12-17-30(40)41/h6,9-17,20-23,31H,3-5,7-8,18-19H2,1-2H3,(H,36,43)(H,38,42)(H,40,41)/b17-12+/t22-,23-/m0/s1. The Morgan fingerprint density at radius 1 is 1.00 bits per heavy atom. The lowest BCUT2D eigenvalue weighted by Crippen LogP contribution is -2.55. The van der Waals surface area contributed by atoms with E-state index in [2.05, 4.69) is 40.5 Å². The molecule has 3 N–H and O–H groups in total. The number of fused-ring (bicyclic) bond motifs is 1. The number of carboxylic acid groups (broad SMARTS) is 1. The van der Waals surface area contributed by atoms with Crippen LogP contribution in [0.25, 0.3) is 27.8 Å². The first-order chi connectivity index (χ1) is 21.2. The van der Waals surface area contributed by atoms with E-state index in [0.717, 1.165) is 40.7 Å². The van der Waals surface area contributed by atoms with E-state index in [4.69, 9.17) is 10.1 Å². The van der Waals surface area contributed by atoms with Crippen molar-refractivity contribution in [1.29, 1.82) is 0 Å². The second-order valence-electron chi connectivity index (χ2n) is 12.4. The second kappa shape index (κ2) is 12.4. The Labute approximate surface area is 261 Å². The molecule has 8 nitrogen and oxygen atoms in total. The highest BCUT2D eigenvalue weighted by Crippen LogP contribution is 2.43. The van der Waals surface area contributed by atoms with Crippen LogP contribution in [-0.2, 0) is 9.59 Å². The average Bonchev–Trinajstić information content (AvgIpc) is 3.78. The quantitative estimate of drug-likeness (QED) is 0.178. The number of nitrogens with zero attached hydrogens (tertiary/aromatic N) is 2. The molecule has 0 spiro atoms. The molecule has 0 unspecified atom stereocenters. The van der Waals surface area contributed by atoms with Crippen LogP contribution in [0, 0.1) is 11.8 Å². The van der Waals surface area contributed by atoms with E-state index in [1.54, 1.807) is 35.6 Å². The third-order valence-corrected chi connectivity index (χ3v) is 10.2. The van der Waals surface area contributed by atoms with Crippen molar-refractivity contribution in [1.82, 2.24) is 14.9 Å². The first-order valence-electron chi connectivity index (χ1n) is 15.4. The third-order valence-electron chi connectivity index (χ3n) is 9.31. The fourth-order valence-electron chi connectivity index (χ4n) is 7.07. The maximum Gasteiger partial charge on any atom is 0.328 e. The summed E-state index contributed by atoms with van der Waals surface area (Å²) in [7, 11) is 0. The molecule has 2 aliphatic carbocycles. The molecule has 6 rings (SSSR count). The van der Waals surface area contributed by atoms with Crippen molar-refractivity contribution in [2.75, 3.05) is 5.32 Å². The van der Waals surface area contributed by atoms with Crippen LogP contribution < -0.4 is 10.6 Å². The topological polar surface area (TPSA) is 113 Å². The van der Waals surface area contributed by atoms with Gasteiger partial charge in [0.1, 0.15) is 5.54 Å². The summed E-state index contributed by atoms with van der Waals surface area (Å²) in [6.45, 7) is 4.67. The minimum atomic E-state index is -1.02. The number of benzene rings is 2. The van der Waals surface area contributed by atoms with Crippen LogP contribution in [0.1, 0.15) is 80.8 Å². The Balaban J connectivity index is 1.26. The van der Waals surface area contributed by atoms with Crippen molar-refractivity contribution in [3.05, 3.63) is 77.2 Å². The van der Waals surface area contributed by atoms with E-state index >= 15 is 0 Å². The predicted molar refractivity (Wildman–Crippen MR) is 175 cm³/mol. The van der Waals surface area contributed by atoms with Crippen LogP contribution in [0.3, 0.4) is 0 Å². The minimum Gasteiger partial charge on any atom is -0.478 e. The van der Waals surface area contributed by atoms with E-state index in [1.165, 1.54) is 25.3 Å². The van der Waals surface area contributed by atoms with Gasteiger partial charge in [-0.15, -0.1) is 11.3 Å². The molecule has 9 heteroatoms. The molecule has 44 heavy (non-hydrogen) atoms. The molecule has 0 bridgehead atoms. The molecule has 4 aromatic rings. The number of rotatable bonds is 8. The number of nitrogens with one attached hydrogen (secondary N) is 2. The molecule has 0 radical (unpaired) electrons. The van der Waals surface area contributed by atoms with Gasteiger partial charge in [-0.25, -0.2) is 9.78 Å². The molecular formula is C35H38N4O4S. The normalized spacial score (nSPS) is 20.2. The van der Waals surface area contributed by atoms with Gasteiger partial charge < -0.3 is 20.3 Å². The lowest BCUT2D eigenvalue weighted by atomic mass is 9.78. The minimum absolute atomic E-state index is 0.247. The Bertz CT molecular complexity index is 1690. The van der Waals surface area contributed by atoms with Gasteiger partial charge >= 0.3 is 5.97 Å². The van der Waals surface area contributed by atoms with Crippen molar-refractivity contribution in [3.63, 3.8) is 0 Å². The smallest absolute Gasteiger partial charge is 0.328 e. The zero-order chi connectivity index (χ0) is 30.8. The van der Waals surface area contributed by atoms with Gasteiger partial charge in [-0.2, -0.15) is 0 Å². The number of aliphatic carboxylic acids is 1. The van der Waals surface area contributed by atoms with Gasteiger partial charge in [0.15, 0.2) is 5.82 Å². The SMILES string of the molecule is C[C@H]1CCC[C@H](C)C1n1c(-c2cccs2)nc2cc(C(=O)NC3(C(=O)Nc4ccc(/C=C/C(=O)O)cc4)CCCC3)ccc21. The average molecular weight is 611 g/mol. The summed E-state index contributed by atoms with van der Waals surface area (Å²) in [5.74, 6) is 0.443. The molecule has 228 valence electrons. The van der Waals surface area contributed by atoms with Gasteiger partial charge in [-0.05, 0) is 90.9 Å². The Morgan fingerprint density at radius 2 is 1.73 bits per heavy atom. The van der Waals surface area contributed by atoms with Crippen molar-refractivity contribution in [2.24, 2.45) is 11.8 Å². The molecule has 2 heterocycles. The molecule has 2 aliphatic rings. The number of carboxylic acids is 1. The van der Waals surface area contributed by atoms with Gasteiger partial charge in [0.25, 0.3) is 5.91 Å². The number of amides is 2. The first kappa shape index (κ1) is 29.8. The summed E-state index contributed by atoms with van der Waals surface area (Å²) in [6.07, 6.45) is 8.99. The van der Waals surface area contributed by atoms with Crippen LogP contribution in [0.2, 0.25) is 0 Å². The van der Waals surface area contributed by atoms with E-state index in [9.17, 15) is 14.4 Å². The van der Waals surface area contributed by atoms with Crippen LogP contribution in [-0.4, -0.2) is 38.0 Å². The Morgan fingerprint density at radius 3 is 2.39 bits per heavy atom. The van der Waals surface area contributed by atoms with Crippen LogP contribution in [0.15, 0.2) is 66.1 Å². The molecule has 2 atom stereocenters. The van der Waals surface area contributed by atoms with Crippen molar-refractivity contribution >= 4 is 51.9 Å². The van der Waals surface area contributed by atoms with Crippen LogP contribution >= 0.6 is 11.3 Å².